The zero-order chi connectivity index (χ0) is 9.42. The molecule has 0 fully saturated rings. The van der Waals surface area contributed by atoms with Gasteiger partial charge in [-0.25, -0.2) is 0 Å². The number of hydrogen-bond donors (Lipinski definition) is 1. The van der Waals surface area contributed by atoms with E-state index in [2.05, 4.69) is 38.2 Å². The Labute approximate surface area is 80.2 Å². The van der Waals surface area contributed by atoms with E-state index in [4.69, 9.17) is 0 Å². The van der Waals surface area contributed by atoms with Gasteiger partial charge in [0.05, 0.1) is 0 Å². The van der Waals surface area contributed by atoms with Gasteiger partial charge in [0.25, 0.3) is 0 Å². The molecule has 0 aliphatic carbocycles. The number of fused-ring (bicyclic) bond motifs is 1. The molecule has 0 bridgehead atoms. The summed E-state index contributed by atoms with van der Waals surface area (Å²) < 4.78 is 0. The number of anilines is 1. The largest absolute Gasteiger partial charge is 0.384 e. The van der Waals surface area contributed by atoms with Crippen LogP contribution in [0.3, 0.4) is 0 Å². The third kappa shape index (κ3) is 1.43. The number of hydrogen-bond acceptors (Lipinski definition) is 1. The first-order valence-electron chi connectivity index (χ1n) is 5.06. The normalized spacial score (nSPS) is 14.5. The van der Waals surface area contributed by atoms with Gasteiger partial charge in [-0.3, -0.25) is 0 Å². The summed E-state index contributed by atoms with van der Waals surface area (Å²) in [7, 11) is 0. The van der Waals surface area contributed by atoms with E-state index in [1.165, 1.54) is 28.8 Å². The van der Waals surface area contributed by atoms with E-state index < -0.39 is 0 Å². The Bertz CT molecular complexity index is 326. The van der Waals surface area contributed by atoms with Crippen molar-refractivity contribution in [1.82, 2.24) is 0 Å². The lowest BCUT2D eigenvalue weighted by Gasteiger charge is -2.11. The molecular formula is C12H17N. The van der Waals surface area contributed by atoms with Crippen molar-refractivity contribution in [2.24, 2.45) is 0 Å². The van der Waals surface area contributed by atoms with Crippen LogP contribution in [0, 0.1) is 6.92 Å². The Balaban J connectivity index is 2.49. The van der Waals surface area contributed by atoms with Crippen LogP contribution < -0.4 is 5.32 Å². The van der Waals surface area contributed by atoms with Gasteiger partial charge in [0.2, 0.25) is 0 Å². The maximum atomic E-state index is 3.43. The molecule has 2 rings (SSSR count). The van der Waals surface area contributed by atoms with Crippen molar-refractivity contribution >= 4 is 5.69 Å². The fraction of sp³-hybridized carbons (Fsp3) is 0.500. The van der Waals surface area contributed by atoms with Crippen molar-refractivity contribution in [2.45, 2.75) is 33.1 Å². The maximum Gasteiger partial charge on any atom is 0.0403 e. The fourth-order valence-electron chi connectivity index (χ4n) is 2.00. The number of benzene rings is 1. The highest BCUT2D eigenvalue weighted by atomic mass is 14.9. The van der Waals surface area contributed by atoms with E-state index in [0.717, 1.165) is 6.54 Å². The van der Waals surface area contributed by atoms with Gasteiger partial charge >= 0.3 is 0 Å². The van der Waals surface area contributed by atoms with Crippen LogP contribution in [-0.4, -0.2) is 6.54 Å². The Morgan fingerprint density at radius 3 is 2.77 bits per heavy atom. The first-order valence-corrected chi connectivity index (χ1v) is 5.06. The molecule has 0 saturated heterocycles. The minimum Gasteiger partial charge on any atom is -0.384 e. The van der Waals surface area contributed by atoms with E-state index >= 15 is 0 Å². The predicted octanol–water partition coefficient (Wildman–Crippen LogP) is 3.09. The number of rotatable bonds is 1. The van der Waals surface area contributed by atoms with Crippen molar-refractivity contribution in [3.8, 4) is 0 Å². The third-order valence-corrected chi connectivity index (χ3v) is 2.80. The molecule has 1 heterocycles. The van der Waals surface area contributed by atoms with Gasteiger partial charge in [0.15, 0.2) is 0 Å². The van der Waals surface area contributed by atoms with E-state index in [-0.39, 0.29) is 0 Å². The lowest BCUT2D eigenvalue weighted by atomic mass is 9.97. The highest BCUT2D eigenvalue weighted by Gasteiger charge is 2.14. The second-order valence-corrected chi connectivity index (χ2v) is 4.20. The third-order valence-electron chi connectivity index (χ3n) is 2.80. The van der Waals surface area contributed by atoms with Crippen molar-refractivity contribution < 1.29 is 0 Å². The first kappa shape index (κ1) is 8.61. The molecular weight excluding hydrogens is 158 g/mol. The van der Waals surface area contributed by atoms with Crippen LogP contribution in [0.2, 0.25) is 0 Å². The summed E-state index contributed by atoms with van der Waals surface area (Å²) in [5, 5.41) is 3.43. The molecule has 1 aliphatic rings. The number of aryl methyl sites for hydroxylation is 1. The summed E-state index contributed by atoms with van der Waals surface area (Å²) in [5.74, 6) is 0.643. The summed E-state index contributed by atoms with van der Waals surface area (Å²) in [4.78, 5) is 0. The van der Waals surface area contributed by atoms with Crippen LogP contribution >= 0.6 is 0 Å². The van der Waals surface area contributed by atoms with Crippen LogP contribution in [0.25, 0.3) is 0 Å². The van der Waals surface area contributed by atoms with Gasteiger partial charge in [0.1, 0.15) is 0 Å². The van der Waals surface area contributed by atoms with E-state index in [9.17, 15) is 0 Å². The molecule has 1 N–H and O–H groups in total. The molecule has 0 atom stereocenters. The van der Waals surface area contributed by atoms with Gasteiger partial charge in [-0.2, -0.15) is 0 Å². The zero-order valence-corrected chi connectivity index (χ0v) is 8.65. The summed E-state index contributed by atoms with van der Waals surface area (Å²) in [6.07, 6.45) is 1.19. The van der Waals surface area contributed by atoms with Gasteiger partial charge in [-0.05, 0) is 36.0 Å². The van der Waals surface area contributed by atoms with Crippen molar-refractivity contribution in [1.29, 1.82) is 0 Å². The summed E-state index contributed by atoms with van der Waals surface area (Å²) >= 11 is 0. The molecule has 0 spiro atoms. The molecule has 0 amide bonds. The second kappa shape index (κ2) is 3.06. The average molecular weight is 175 g/mol. The molecule has 0 saturated carbocycles. The fourth-order valence-corrected chi connectivity index (χ4v) is 2.00. The standard InChI is InChI=1S/C12H17N/c1-8(2)11-6-9(3)12-10(7-11)4-5-13-12/h6-8,13H,4-5H2,1-3H3. The molecule has 70 valence electrons. The predicted molar refractivity (Wildman–Crippen MR) is 57.5 cm³/mol. The maximum absolute atomic E-state index is 3.43. The van der Waals surface area contributed by atoms with Gasteiger partial charge in [-0.15, -0.1) is 0 Å². The van der Waals surface area contributed by atoms with E-state index in [0.29, 0.717) is 5.92 Å². The molecule has 0 aromatic heterocycles. The first-order chi connectivity index (χ1) is 6.18. The Hall–Kier alpha value is -0.980. The Morgan fingerprint density at radius 1 is 1.31 bits per heavy atom. The lowest BCUT2D eigenvalue weighted by molar-refractivity contribution is 0.862. The summed E-state index contributed by atoms with van der Waals surface area (Å²) in [6, 6.07) is 4.66. The molecule has 0 radical (unpaired) electrons. The van der Waals surface area contributed by atoms with Crippen molar-refractivity contribution in [3.05, 3.63) is 28.8 Å². The highest BCUT2D eigenvalue weighted by molar-refractivity contribution is 5.62. The minimum absolute atomic E-state index is 0.643. The SMILES string of the molecule is Cc1cc(C(C)C)cc2c1NCC2. The molecule has 1 nitrogen and oxygen atoms in total. The van der Waals surface area contributed by atoms with Crippen LogP contribution in [0.1, 0.15) is 36.5 Å². The molecule has 1 aromatic rings. The lowest BCUT2D eigenvalue weighted by Crippen LogP contribution is -1.94. The van der Waals surface area contributed by atoms with Crippen LogP contribution in [-0.2, 0) is 6.42 Å². The van der Waals surface area contributed by atoms with Crippen LogP contribution in [0.15, 0.2) is 12.1 Å². The summed E-state index contributed by atoms with van der Waals surface area (Å²) in [5.41, 5.74) is 5.76. The molecule has 1 aliphatic heterocycles. The van der Waals surface area contributed by atoms with Gasteiger partial charge < -0.3 is 5.32 Å². The Kier molecular flexibility index (Phi) is 2.03. The van der Waals surface area contributed by atoms with Gasteiger partial charge in [-0.1, -0.05) is 26.0 Å². The number of nitrogens with one attached hydrogen (secondary N) is 1. The van der Waals surface area contributed by atoms with E-state index in [1.807, 2.05) is 0 Å². The Morgan fingerprint density at radius 2 is 2.08 bits per heavy atom. The van der Waals surface area contributed by atoms with E-state index in [1.54, 1.807) is 0 Å². The zero-order valence-electron chi connectivity index (χ0n) is 8.65. The van der Waals surface area contributed by atoms with Gasteiger partial charge in [0, 0.05) is 12.2 Å². The second-order valence-electron chi connectivity index (χ2n) is 4.20. The highest BCUT2D eigenvalue weighted by Crippen LogP contribution is 2.30. The molecule has 0 unspecified atom stereocenters. The monoisotopic (exact) mass is 175 g/mol. The molecule has 1 heteroatoms. The quantitative estimate of drug-likeness (QED) is 0.691. The van der Waals surface area contributed by atoms with Crippen LogP contribution in [0.4, 0.5) is 5.69 Å². The topological polar surface area (TPSA) is 12.0 Å². The molecule has 13 heavy (non-hydrogen) atoms. The minimum atomic E-state index is 0.643. The molecule has 1 aromatic carbocycles. The average Bonchev–Trinajstić information content (AvgIpc) is 2.51. The van der Waals surface area contributed by atoms with Crippen molar-refractivity contribution in [2.75, 3.05) is 11.9 Å². The van der Waals surface area contributed by atoms with Crippen molar-refractivity contribution in [3.63, 3.8) is 0 Å². The smallest absolute Gasteiger partial charge is 0.0403 e. The summed E-state index contributed by atoms with van der Waals surface area (Å²) in [6.45, 7) is 7.81. The van der Waals surface area contributed by atoms with Crippen LogP contribution in [0.5, 0.6) is 0 Å².